The van der Waals surface area contributed by atoms with Crippen LogP contribution in [0.2, 0.25) is 0 Å². The summed E-state index contributed by atoms with van der Waals surface area (Å²) in [5.74, 6) is 1.47. The zero-order valence-electron chi connectivity index (χ0n) is 17.6. The van der Waals surface area contributed by atoms with Crippen LogP contribution in [0.5, 0.6) is 23.0 Å². The van der Waals surface area contributed by atoms with E-state index in [1.54, 1.807) is 24.3 Å². The van der Waals surface area contributed by atoms with Crippen molar-refractivity contribution in [2.45, 2.75) is 38.5 Å². The maximum Gasteiger partial charge on any atom is 0.519 e. The molecule has 0 unspecified atom stereocenters. The zero-order chi connectivity index (χ0) is 21.8. The third kappa shape index (κ3) is 6.64. The lowest BCUT2D eigenvalue weighted by Gasteiger charge is -2.15. The van der Waals surface area contributed by atoms with Crippen LogP contribution in [0.25, 0.3) is 0 Å². The van der Waals surface area contributed by atoms with Gasteiger partial charge in [0.2, 0.25) is 0 Å². The van der Waals surface area contributed by atoms with Crippen molar-refractivity contribution >= 4 is 6.16 Å². The van der Waals surface area contributed by atoms with E-state index in [1.165, 1.54) is 14.2 Å². The van der Waals surface area contributed by atoms with E-state index in [1.807, 2.05) is 12.1 Å². The normalized spacial score (nSPS) is 10.5. The molecule has 0 amide bonds. The summed E-state index contributed by atoms with van der Waals surface area (Å²) >= 11 is 0. The molecule has 0 aromatic heterocycles. The van der Waals surface area contributed by atoms with Crippen LogP contribution in [0.4, 0.5) is 4.79 Å². The third-order valence-corrected chi connectivity index (χ3v) is 4.62. The highest BCUT2D eigenvalue weighted by atomic mass is 16.7. The van der Waals surface area contributed by atoms with Gasteiger partial charge in [-0.15, -0.1) is 0 Å². The molecule has 0 saturated heterocycles. The molecule has 7 heteroatoms. The SMILES string of the molecule is COc1c(CCCCO)cccc1OC(=O)Oc1cccc(CCCCO)c1OC. The van der Waals surface area contributed by atoms with E-state index in [-0.39, 0.29) is 24.7 Å². The van der Waals surface area contributed by atoms with Crippen molar-refractivity contribution in [2.24, 2.45) is 0 Å². The predicted molar refractivity (Wildman–Crippen MR) is 113 cm³/mol. The molecule has 0 fully saturated rings. The highest BCUT2D eigenvalue weighted by Gasteiger charge is 2.18. The van der Waals surface area contributed by atoms with Gasteiger partial charge in [0.15, 0.2) is 23.0 Å². The van der Waals surface area contributed by atoms with E-state index in [0.717, 1.165) is 24.0 Å². The summed E-state index contributed by atoms with van der Waals surface area (Å²) in [6.45, 7) is 0.261. The standard InChI is InChI=1S/C23H30O7/c1-27-21-17(9-3-5-15-24)11-7-13-19(21)29-23(26)30-20-14-8-12-18(22(20)28-2)10-4-6-16-25/h7-8,11-14,24-25H,3-6,9-10,15-16H2,1-2H3. The van der Waals surface area contributed by atoms with E-state index in [0.29, 0.717) is 37.2 Å². The minimum absolute atomic E-state index is 0.131. The lowest BCUT2D eigenvalue weighted by atomic mass is 10.1. The van der Waals surface area contributed by atoms with Crippen molar-refractivity contribution in [3.63, 3.8) is 0 Å². The maximum absolute atomic E-state index is 12.4. The molecule has 0 bridgehead atoms. The molecule has 7 nitrogen and oxygen atoms in total. The lowest BCUT2D eigenvalue weighted by molar-refractivity contribution is 0.148. The van der Waals surface area contributed by atoms with Gasteiger partial charge in [0, 0.05) is 13.2 Å². The first-order valence-electron chi connectivity index (χ1n) is 10.1. The van der Waals surface area contributed by atoms with Crippen LogP contribution in [0, 0.1) is 0 Å². The summed E-state index contributed by atoms with van der Waals surface area (Å²) in [6.07, 6.45) is 3.45. The molecule has 2 aromatic carbocycles. The number of unbranched alkanes of at least 4 members (excludes halogenated alkanes) is 2. The Labute approximate surface area is 177 Å². The zero-order valence-corrected chi connectivity index (χ0v) is 17.6. The molecule has 0 heterocycles. The first-order valence-corrected chi connectivity index (χ1v) is 10.1. The molecule has 164 valence electrons. The van der Waals surface area contributed by atoms with Crippen LogP contribution < -0.4 is 18.9 Å². The number of aryl methyl sites for hydroxylation is 2. The van der Waals surface area contributed by atoms with Crippen molar-refractivity contribution in [3.8, 4) is 23.0 Å². The van der Waals surface area contributed by atoms with E-state index in [2.05, 4.69) is 0 Å². The summed E-state index contributed by atoms with van der Waals surface area (Å²) in [6, 6.07) is 10.6. The Bertz CT molecular complexity index is 739. The summed E-state index contributed by atoms with van der Waals surface area (Å²) < 4.78 is 21.7. The molecule has 0 aliphatic rings. The molecule has 2 N–H and O–H groups in total. The second-order valence-corrected chi connectivity index (χ2v) is 6.71. The summed E-state index contributed by atoms with van der Waals surface area (Å²) in [7, 11) is 3.03. The fourth-order valence-electron chi connectivity index (χ4n) is 3.20. The van der Waals surface area contributed by atoms with Crippen LogP contribution in [-0.2, 0) is 12.8 Å². The van der Waals surface area contributed by atoms with Gasteiger partial charge in [-0.1, -0.05) is 24.3 Å². The molecule has 0 atom stereocenters. The van der Waals surface area contributed by atoms with Gasteiger partial charge >= 0.3 is 6.16 Å². The number of rotatable bonds is 12. The molecule has 30 heavy (non-hydrogen) atoms. The Morgan fingerprint density at radius 2 is 1.17 bits per heavy atom. The van der Waals surface area contributed by atoms with Crippen molar-refractivity contribution in [2.75, 3.05) is 27.4 Å². The molecular formula is C23H30O7. The molecule has 2 rings (SSSR count). The average molecular weight is 418 g/mol. The van der Waals surface area contributed by atoms with Crippen molar-refractivity contribution in [3.05, 3.63) is 47.5 Å². The minimum Gasteiger partial charge on any atom is -0.493 e. The molecule has 0 aliphatic carbocycles. The molecule has 0 spiro atoms. The van der Waals surface area contributed by atoms with Crippen LogP contribution in [0.1, 0.15) is 36.8 Å². The van der Waals surface area contributed by atoms with Gasteiger partial charge in [0.25, 0.3) is 0 Å². The number of benzene rings is 2. The van der Waals surface area contributed by atoms with Crippen molar-refractivity contribution in [1.82, 2.24) is 0 Å². The second kappa shape index (κ2) is 12.7. The highest BCUT2D eigenvalue weighted by Crippen LogP contribution is 2.35. The number of methoxy groups -OCH3 is 2. The van der Waals surface area contributed by atoms with E-state index in [4.69, 9.17) is 29.2 Å². The quantitative estimate of drug-likeness (QED) is 0.307. The van der Waals surface area contributed by atoms with E-state index in [9.17, 15) is 4.79 Å². The number of hydrogen-bond donors (Lipinski definition) is 2. The van der Waals surface area contributed by atoms with Crippen molar-refractivity contribution < 1.29 is 34.0 Å². The first kappa shape index (κ1) is 23.5. The predicted octanol–water partition coefficient (Wildman–Crippen LogP) is 3.91. The first-order chi connectivity index (χ1) is 14.6. The molecule has 0 aliphatic heterocycles. The minimum atomic E-state index is -0.897. The highest BCUT2D eigenvalue weighted by molar-refractivity contribution is 5.70. The number of carbonyl (C=O) groups is 1. The van der Waals surface area contributed by atoms with Gasteiger partial charge in [0.05, 0.1) is 14.2 Å². The average Bonchev–Trinajstić information content (AvgIpc) is 2.74. The number of para-hydroxylation sites is 2. The lowest BCUT2D eigenvalue weighted by Crippen LogP contribution is -2.15. The van der Waals surface area contributed by atoms with Gasteiger partial charge in [-0.2, -0.15) is 0 Å². The number of carbonyl (C=O) groups excluding carboxylic acids is 1. The topological polar surface area (TPSA) is 94.5 Å². The van der Waals surface area contributed by atoms with Crippen LogP contribution in [0.15, 0.2) is 36.4 Å². The van der Waals surface area contributed by atoms with E-state index >= 15 is 0 Å². The summed E-state index contributed by atoms with van der Waals surface area (Å²) in [5, 5.41) is 17.9. The van der Waals surface area contributed by atoms with Crippen molar-refractivity contribution in [1.29, 1.82) is 0 Å². The third-order valence-electron chi connectivity index (χ3n) is 4.62. The fraction of sp³-hybridized carbons (Fsp3) is 0.435. The van der Waals surface area contributed by atoms with Gasteiger partial charge in [0.1, 0.15) is 0 Å². The van der Waals surface area contributed by atoms with Gasteiger partial charge in [-0.25, -0.2) is 4.79 Å². The maximum atomic E-state index is 12.4. The van der Waals surface area contributed by atoms with Crippen LogP contribution in [0.3, 0.4) is 0 Å². The summed E-state index contributed by atoms with van der Waals surface area (Å²) in [4.78, 5) is 12.4. The molecular weight excluding hydrogens is 388 g/mol. The Morgan fingerprint density at radius 1 is 0.733 bits per heavy atom. The van der Waals surface area contributed by atoms with Gasteiger partial charge in [-0.05, 0) is 61.8 Å². The van der Waals surface area contributed by atoms with E-state index < -0.39 is 6.16 Å². The van der Waals surface area contributed by atoms with Gasteiger partial charge in [-0.3, -0.25) is 0 Å². The Kier molecular flexibility index (Phi) is 9.97. The number of hydrogen-bond acceptors (Lipinski definition) is 7. The Balaban J connectivity index is 2.12. The Morgan fingerprint density at radius 3 is 1.53 bits per heavy atom. The fourth-order valence-corrected chi connectivity index (χ4v) is 3.20. The number of ether oxygens (including phenoxy) is 4. The Hall–Kier alpha value is -2.77. The monoisotopic (exact) mass is 418 g/mol. The van der Waals surface area contributed by atoms with Crippen LogP contribution >= 0.6 is 0 Å². The summed E-state index contributed by atoms with van der Waals surface area (Å²) in [5.41, 5.74) is 1.78. The van der Waals surface area contributed by atoms with Crippen LogP contribution in [-0.4, -0.2) is 43.8 Å². The largest absolute Gasteiger partial charge is 0.519 e. The number of aliphatic hydroxyl groups excluding tert-OH is 2. The molecule has 2 aromatic rings. The molecule has 0 saturated carbocycles. The molecule has 0 radical (unpaired) electrons. The smallest absolute Gasteiger partial charge is 0.493 e. The number of aliphatic hydroxyl groups is 2. The van der Waals surface area contributed by atoms with Gasteiger partial charge < -0.3 is 29.2 Å². The second-order valence-electron chi connectivity index (χ2n) is 6.71.